The van der Waals surface area contributed by atoms with E-state index in [1.54, 1.807) is 0 Å². The Hall–Kier alpha value is -7.56. The number of furan rings is 1. The lowest BCUT2D eigenvalue weighted by Gasteiger charge is -2.14. The van der Waals surface area contributed by atoms with Gasteiger partial charge in [0.2, 0.25) is 5.95 Å². The SMILES string of the molecule is c1ccc2c(-c3ccc(-c4nc(-n5c6ccc7ccccc7c6c6cccc(-c7ccc8c(c7)oc7ccccc78)c65)nc5ccccc45)cc3)cccc2c1. The minimum Gasteiger partial charge on any atom is -0.456 e. The van der Waals surface area contributed by atoms with E-state index in [-0.39, 0.29) is 0 Å². The van der Waals surface area contributed by atoms with Crippen LogP contribution in [-0.2, 0) is 0 Å². The van der Waals surface area contributed by atoms with Crippen molar-refractivity contribution in [2.75, 3.05) is 0 Å². The summed E-state index contributed by atoms with van der Waals surface area (Å²) in [5, 5.41) is 10.4. The van der Waals surface area contributed by atoms with E-state index in [1.807, 2.05) is 12.1 Å². The Bertz CT molecular complexity index is 3530. The molecule has 0 aliphatic rings. The third-order valence-electron chi connectivity index (χ3n) is 11.4. The van der Waals surface area contributed by atoms with Crippen molar-refractivity contribution in [1.82, 2.24) is 14.5 Å². The number of rotatable bonds is 4. The molecule has 3 aromatic heterocycles. The Morgan fingerprint density at radius 2 is 1.02 bits per heavy atom. The number of nitrogens with zero attached hydrogens (tertiary/aromatic N) is 3. The van der Waals surface area contributed by atoms with Crippen LogP contribution in [0.1, 0.15) is 0 Å². The smallest absolute Gasteiger partial charge is 0.235 e. The molecule has 12 aromatic rings. The predicted molar refractivity (Wildman–Crippen MR) is 232 cm³/mol. The molecule has 4 heteroatoms. The van der Waals surface area contributed by atoms with E-state index in [1.165, 1.54) is 38.1 Å². The second kappa shape index (κ2) is 12.0. The number of para-hydroxylation sites is 3. The summed E-state index contributed by atoms with van der Waals surface area (Å²) in [6, 6.07) is 66.7. The highest BCUT2D eigenvalue weighted by Crippen LogP contribution is 2.42. The Labute approximate surface area is 321 Å². The van der Waals surface area contributed by atoms with Crippen LogP contribution in [0.4, 0.5) is 0 Å². The lowest BCUT2D eigenvalue weighted by atomic mass is 9.96. The second-order valence-electron chi connectivity index (χ2n) is 14.5. The molecular formula is C52H31N3O. The maximum atomic E-state index is 6.40. The van der Waals surface area contributed by atoms with E-state index in [2.05, 4.69) is 180 Å². The Morgan fingerprint density at radius 3 is 1.89 bits per heavy atom. The molecule has 56 heavy (non-hydrogen) atoms. The Kier molecular flexibility index (Phi) is 6.60. The van der Waals surface area contributed by atoms with Gasteiger partial charge in [-0.2, -0.15) is 0 Å². The van der Waals surface area contributed by atoms with E-state index in [0.717, 1.165) is 71.6 Å². The van der Waals surface area contributed by atoms with Gasteiger partial charge in [0, 0.05) is 38.1 Å². The molecule has 0 atom stereocenters. The maximum absolute atomic E-state index is 6.40. The molecule has 3 heterocycles. The molecule has 9 aromatic carbocycles. The minimum atomic E-state index is 0.629. The highest BCUT2D eigenvalue weighted by Gasteiger charge is 2.22. The van der Waals surface area contributed by atoms with Gasteiger partial charge in [0.05, 0.1) is 22.2 Å². The van der Waals surface area contributed by atoms with Crippen LogP contribution >= 0.6 is 0 Å². The number of fused-ring (bicyclic) bond motifs is 10. The predicted octanol–water partition coefficient (Wildman–Crippen LogP) is 13.9. The highest BCUT2D eigenvalue weighted by molar-refractivity contribution is 6.23. The first-order valence-electron chi connectivity index (χ1n) is 19.0. The third-order valence-corrected chi connectivity index (χ3v) is 11.4. The molecule has 0 spiro atoms. The van der Waals surface area contributed by atoms with Crippen molar-refractivity contribution in [2.24, 2.45) is 0 Å². The fourth-order valence-electron chi connectivity index (χ4n) is 8.84. The summed E-state index contributed by atoms with van der Waals surface area (Å²) in [6.45, 7) is 0. The zero-order valence-electron chi connectivity index (χ0n) is 30.1. The minimum absolute atomic E-state index is 0.629. The monoisotopic (exact) mass is 713 g/mol. The number of hydrogen-bond donors (Lipinski definition) is 0. The largest absolute Gasteiger partial charge is 0.456 e. The molecule has 0 N–H and O–H groups in total. The number of hydrogen-bond acceptors (Lipinski definition) is 3. The molecule has 0 radical (unpaired) electrons. The van der Waals surface area contributed by atoms with Gasteiger partial charge in [-0.3, -0.25) is 4.57 Å². The van der Waals surface area contributed by atoms with Gasteiger partial charge in [0.15, 0.2) is 0 Å². The van der Waals surface area contributed by atoms with Gasteiger partial charge in [-0.1, -0.05) is 158 Å². The summed E-state index contributed by atoms with van der Waals surface area (Å²) < 4.78 is 8.67. The van der Waals surface area contributed by atoms with Gasteiger partial charge in [-0.15, -0.1) is 0 Å². The van der Waals surface area contributed by atoms with Crippen LogP contribution in [-0.4, -0.2) is 14.5 Å². The average Bonchev–Trinajstić information content (AvgIpc) is 3.82. The number of benzene rings is 9. The van der Waals surface area contributed by atoms with Crippen molar-refractivity contribution < 1.29 is 4.42 Å². The fraction of sp³-hybridized carbons (Fsp3) is 0. The standard InChI is InChI=1S/C52H31N3O/c1-3-14-37-32(11-1)13-9-18-38(37)34-23-25-35(26-24-34)50-43-17-5-7-21-45(43)53-52(54-50)55-46-30-28-33-12-2-4-15-39(33)49(46)44-20-10-19-40(51(44)55)36-27-29-42-41-16-6-8-22-47(41)56-48(42)31-36/h1-31H. The molecule has 0 unspecified atom stereocenters. The van der Waals surface area contributed by atoms with Gasteiger partial charge in [-0.25, -0.2) is 9.97 Å². The van der Waals surface area contributed by atoms with Crippen molar-refractivity contribution in [3.8, 4) is 39.5 Å². The van der Waals surface area contributed by atoms with Crippen molar-refractivity contribution in [3.05, 3.63) is 188 Å². The van der Waals surface area contributed by atoms with E-state index >= 15 is 0 Å². The summed E-state index contributed by atoms with van der Waals surface area (Å²) in [7, 11) is 0. The van der Waals surface area contributed by atoms with Crippen LogP contribution < -0.4 is 0 Å². The van der Waals surface area contributed by atoms with Gasteiger partial charge < -0.3 is 4.42 Å². The van der Waals surface area contributed by atoms with Gasteiger partial charge >= 0.3 is 0 Å². The molecule has 12 rings (SSSR count). The molecule has 0 fully saturated rings. The molecule has 0 aliphatic heterocycles. The Balaban J connectivity index is 1.12. The first-order chi connectivity index (χ1) is 27.8. The molecule has 0 saturated heterocycles. The van der Waals surface area contributed by atoms with Crippen LogP contribution in [0, 0.1) is 0 Å². The van der Waals surface area contributed by atoms with Gasteiger partial charge in [0.25, 0.3) is 0 Å². The lowest BCUT2D eigenvalue weighted by molar-refractivity contribution is 0.669. The van der Waals surface area contributed by atoms with E-state index in [9.17, 15) is 0 Å². The van der Waals surface area contributed by atoms with E-state index in [0.29, 0.717) is 5.95 Å². The quantitative estimate of drug-likeness (QED) is 0.182. The van der Waals surface area contributed by atoms with Gasteiger partial charge in [0.1, 0.15) is 11.2 Å². The summed E-state index contributed by atoms with van der Waals surface area (Å²) >= 11 is 0. The Morgan fingerprint density at radius 1 is 0.393 bits per heavy atom. The summed E-state index contributed by atoms with van der Waals surface area (Å²) in [6.07, 6.45) is 0. The van der Waals surface area contributed by atoms with Crippen LogP contribution in [0.5, 0.6) is 0 Å². The maximum Gasteiger partial charge on any atom is 0.235 e. The van der Waals surface area contributed by atoms with Crippen molar-refractivity contribution in [2.45, 2.75) is 0 Å². The summed E-state index contributed by atoms with van der Waals surface area (Å²) in [5.41, 5.74) is 11.2. The molecule has 260 valence electrons. The van der Waals surface area contributed by atoms with Crippen LogP contribution in [0.15, 0.2) is 192 Å². The topological polar surface area (TPSA) is 43.9 Å². The van der Waals surface area contributed by atoms with Crippen molar-refractivity contribution in [3.63, 3.8) is 0 Å². The fourth-order valence-corrected chi connectivity index (χ4v) is 8.84. The van der Waals surface area contributed by atoms with Gasteiger partial charge in [-0.05, 0) is 68.6 Å². The third kappa shape index (κ3) is 4.60. The molecule has 0 saturated carbocycles. The van der Waals surface area contributed by atoms with Crippen LogP contribution in [0.3, 0.4) is 0 Å². The second-order valence-corrected chi connectivity index (χ2v) is 14.5. The molecule has 0 bridgehead atoms. The highest BCUT2D eigenvalue weighted by atomic mass is 16.3. The van der Waals surface area contributed by atoms with Crippen LogP contribution in [0.25, 0.3) is 116 Å². The summed E-state index contributed by atoms with van der Waals surface area (Å²) in [4.78, 5) is 10.8. The first-order valence-corrected chi connectivity index (χ1v) is 19.0. The van der Waals surface area contributed by atoms with E-state index in [4.69, 9.17) is 14.4 Å². The normalized spacial score (nSPS) is 11.9. The zero-order chi connectivity index (χ0) is 36.7. The average molecular weight is 714 g/mol. The molecular weight excluding hydrogens is 683 g/mol. The first kappa shape index (κ1) is 30.9. The number of aromatic nitrogens is 3. The van der Waals surface area contributed by atoms with Crippen molar-refractivity contribution in [1.29, 1.82) is 0 Å². The van der Waals surface area contributed by atoms with Crippen molar-refractivity contribution >= 4 is 76.2 Å². The van der Waals surface area contributed by atoms with Crippen LogP contribution in [0.2, 0.25) is 0 Å². The zero-order valence-corrected chi connectivity index (χ0v) is 30.1. The molecule has 4 nitrogen and oxygen atoms in total. The summed E-state index contributed by atoms with van der Waals surface area (Å²) in [5.74, 6) is 0.629. The van der Waals surface area contributed by atoms with E-state index < -0.39 is 0 Å². The molecule has 0 aliphatic carbocycles. The lowest BCUT2D eigenvalue weighted by Crippen LogP contribution is -2.04. The molecule has 0 amide bonds.